The van der Waals surface area contributed by atoms with Crippen molar-refractivity contribution in [3.63, 3.8) is 0 Å². The van der Waals surface area contributed by atoms with Gasteiger partial charge in [0.1, 0.15) is 0 Å². The number of hydrogen-bond acceptors (Lipinski definition) is 2. The number of rotatable bonds is 0. The summed E-state index contributed by atoms with van der Waals surface area (Å²) >= 11 is 3.90. The van der Waals surface area contributed by atoms with E-state index >= 15 is 0 Å². The van der Waals surface area contributed by atoms with Crippen LogP contribution >= 0.6 is 8.02 Å². The van der Waals surface area contributed by atoms with Crippen LogP contribution in [-0.2, 0) is 20.2 Å². The maximum atomic E-state index is 10.8. The Morgan fingerprint density at radius 1 is 2.00 bits per heavy atom. The van der Waals surface area contributed by atoms with Crippen molar-refractivity contribution in [1.29, 1.82) is 0 Å². The van der Waals surface area contributed by atoms with Gasteiger partial charge in [-0.05, 0) is 0 Å². The van der Waals surface area contributed by atoms with Crippen molar-refractivity contribution in [2.45, 2.75) is 0 Å². The van der Waals surface area contributed by atoms with Gasteiger partial charge in [0, 0.05) is 0 Å². The summed E-state index contributed by atoms with van der Waals surface area (Å²) in [5.41, 5.74) is 0. The highest BCUT2D eigenvalue weighted by molar-refractivity contribution is 8.36. The molecule has 0 radical (unpaired) electrons. The van der Waals surface area contributed by atoms with E-state index < -0.39 is 9.02 Å². The first-order valence-electron chi connectivity index (χ1n) is 0.525. The Kier molecular flexibility index (Phi) is 2.48. The van der Waals surface area contributed by atoms with Gasteiger partial charge in [0.2, 0.25) is 0 Å². The zero-order valence-electron chi connectivity index (χ0n) is 1.69. The van der Waals surface area contributed by atoms with E-state index in [1.54, 1.807) is 0 Å². The van der Waals surface area contributed by atoms with Gasteiger partial charge in [0.05, 0.1) is 0 Å². The molecule has 0 nitrogen and oxygen atoms in total. The molecule has 0 saturated heterocycles. The highest BCUT2D eigenvalue weighted by Gasteiger charge is 1.15. The third-order valence-corrected chi connectivity index (χ3v) is 0. The molecule has 0 amide bonds. The molecule has 0 saturated carbocycles. The highest BCUT2D eigenvalue weighted by Crippen LogP contribution is 1.69. The summed E-state index contributed by atoms with van der Waals surface area (Å²) in [4.78, 5) is 0. The second-order valence-electron chi connectivity index (χ2n) is 0.223. The summed E-state index contributed by atoms with van der Waals surface area (Å²) in [5, 5.41) is 0. The van der Waals surface area contributed by atoms with Crippen molar-refractivity contribution in [3.8, 4) is 0 Å². The van der Waals surface area contributed by atoms with Gasteiger partial charge < -0.3 is 3.89 Å². The molecule has 26 valence electrons. The lowest BCUT2D eigenvalue weighted by Crippen LogP contribution is -1.24. The quantitative estimate of drug-likeness (QED) is 0.258. The smallest absolute Gasteiger partial charge is 0.225 e. The van der Waals surface area contributed by atoms with E-state index in [9.17, 15) is 3.89 Å². The summed E-state index contributed by atoms with van der Waals surface area (Å²) in [6, 6.07) is 0. The zero-order valence-corrected chi connectivity index (χ0v) is 4.33. The molecule has 0 aromatic rings. The molecule has 0 fully saturated rings. The van der Waals surface area contributed by atoms with Crippen LogP contribution in [0, 0.1) is 0 Å². The predicted octanol–water partition coefficient (Wildman–Crippen LogP) is 1.01. The summed E-state index contributed by atoms with van der Waals surface area (Å²) in [5.74, 6) is 0. The van der Waals surface area contributed by atoms with Crippen LogP contribution in [0.15, 0.2) is 0 Å². The van der Waals surface area contributed by atoms with E-state index in [1.807, 2.05) is 0 Å². The predicted molar refractivity (Wildman–Crippen MR) is 24.2 cm³/mol. The van der Waals surface area contributed by atoms with Gasteiger partial charge in [-0.25, -0.2) is 28.2 Å². The first kappa shape index (κ1) is 4.80. The maximum Gasteiger partial charge on any atom is -0.225 e. The molecule has 4 heavy (non-hydrogen) atoms. The van der Waals surface area contributed by atoms with Crippen molar-refractivity contribution in [3.05, 3.63) is 0 Å². The van der Waals surface area contributed by atoms with Crippen molar-refractivity contribution in [2.24, 2.45) is 0 Å². The van der Waals surface area contributed by atoms with Crippen LogP contribution in [0.25, 0.3) is 0 Å². The molecule has 0 unspecified atom stereocenters. The molecule has 0 spiro atoms. The molecule has 0 aliphatic heterocycles. The Hall–Kier alpha value is 0.800. The topological polar surface area (TPSA) is 0 Å². The highest BCUT2D eigenvalue weighted by atomic mass is 33.0. The van der Waals surface area contributed by atoms with Gasteiger partial charge in [-0.3, -0.25) is 0 Å². The fourth-order valence-corrected chi connectivity index (χ4v) is 0. The minimum atomic E-state index is -1.47. The standard InChI is InChI=1S/FHPS2/c1-4(2)3/h2H/q-1. The van der Waals surface area contributed by atoms with Crippen LogP contribution in [0.1, 0.15) is 0 Å². The Labute approximate surface area is 32.7 Å². The fourth-order valence-electron chi connectivity index (χ4n) is 0. The second-order valence-corrected chi connectivity index (χ2v) is 3.51. The van der Waals surface area contributed by atoms with Gasteiger partial charge in [-0.1, -0.05) is 0 Å². The van der Waals surface area contributed by atoms with Crippen LogP contribution in [0.2, 0.25) is 0 Å². The van der Waals surface area contributed by atoms with Crippen LogP contribution in [0.3, 0.4) is 0 Å². The van der Waals surface area contributed by atoms with Crippen LogP contribution in [0.5, 0.6) is 0 Å². The molecule has 0 rings (SSSR count). The molecule has 0 aromatic heterocycles. The molecular formula is HFPS2-. The van der Waals surface area contributed by atoms with Crippen molar-refractivity contribution < 1.29 is 3.89 Å². The van der Waals surface area contributed by atoms with Crippen molar-refractivity contribution in [1.82, 2.24) is 0 Å². The van der Waals surface area contributed by atoms with Crippen LogP contribution in [-0.4, -0.2) is 0 Å². The Morgan fingerprint density at radius 3 is 2.00 bits per heavy atom. The average Bonchev–Trinajstić information content (AvgIpc) is 0.811. The minimum Gasteiger partial charge on any atom is -0.364 e. The van der Waals surface area contributed by atoms with Gasteiger partial charge in [0.25, 0.3) is 0 Å². The van der Waals surface area contributed by atoms with Crippen LogP contribution in [0.4, 0.5) is 3.89 Å². The molecular weight excluding hydrogens is 114 g/mol. The zero-order chi connectivity index (χ0) is 3.58. The SMILES string of the molecule is F[S-](=P)=S. The van der Waals surface area contributed by atoms with Gasteiger partial charge >= 0.3 is 0 Å². The average molecular weight is 115 g/mol. The monoisotopic (exact) mass is 115 g/mol. The molecule has 0 atom stereocenters. The molecule has 0 heterocycles. The lowest BCUT2D eigenvalue weighted by Gasteiger charge is -1.68. The van der Waals surface area contributed by atoms with E-state index in [0.29, 0.717) is 0 Å². The van der Waals surface area contributed by atoms with Crippen molar-refractivity contribution >= 4 is 28.2 Å². The second kappa shape index (κ2) is 2.06. The molecule has 0 N–H and O–H groups in total. The normalized spacial score (nSPS) is 8.50. The lowest BCUT2D eigenvalue weighted by atomic mass is 18.9. The molecule has 4 heteroatoms. The minimum absolute atomic E-state index is 1.47. The van der Waals surface area contributed by atoms with Gasteiger partial charge in [-0.15, -0.1) is 0 Å². The molecule has 0 aliphatic carbocycles. The Balaban J connectivity index is 3.51. The van der Waals surface area contributed by atoms with Crippen LogP contribution < -0.4 is 0 Å². The third-order valence-electron chi connectivity index (χ3n) is 0. The Bertz CT molecular complexity index is 54.4. The third kappa shape index (κ3) is 14.2. The maximum absolute atomic E-state index is 10.8. The summed E-state index contributed by atoms with van der Waals surface area (Å²) < 4.78 is 10.8. The van der Waals surface area contributed by atoms with E-state index in [4.69, 9.17) is 0 Å². The molecule has 0 aromatic carbocycles. The summed E-state index contributed by atoms with van der Waals surface area (Å²) in [6.07, 6.45) is 0. The van der Waals surface area contributed by atoms with Gasteiger partial charge in [-0.2, -0.15) is 0 Å². The van der Waals surface area contributed by atoms with E-state index in [1.165, 1.54) is 0 Å². The van der Waals surface area contributed by atoms with E-state index in [0.717, 1.165) is 0 Å². The lowest BCUT2D eigenvalue weighted by molar-refractivity contribution is 0.948. The summed E-state index contributed by atoms with van der Waals surface area (Å²) in [6.45, 7) is 0. The molecule has 0 aliphatic rings. The summed E-state index contributed by atoms with van der Waals surface area (Å²) in [7, 11) is 1.02. The first-order valence-corrected chi connectivity index (χ1v) is 3.80. The van der Waals surface area contributed by atoms with Crippen molar-refractivity contribution in [2.75, 3.05) is 0 Å². The number of hydrogen-bond donors (Lipinski definition) is 0. The van der Waals surface area contributed by atoms with E-state index in [2.05, 4.69) is 19.2 Å². The number of halogens is 1. The fraction of sp³-hybridized carbons (Fsp3) is 0. The Morgan fingerprint density at radius 2 is 2.00 bits per heavy atom. The first-order chi connectivity index (χ1) is 1.73. The van der Waals surface area contributed by atoms with E-state index in [-0.39, 0.29) is 0 Å². The van der Waals surface area contributed by atoms with Gasteiger partial charge in [0.15, 0.2) is 0 Å². The molecule has 0 bridgehead atoms. The largest absolute Gasteiger partial charge is 0.364 e.